The number of rotatable bonds is 6. The number of aliphatic imine (C=N–C) groups is 1. The zero-order chi connectivity index (χ0) is 20.5. The summed E-state index contributed by atoms with van der Waals surface area (Å²) in [4.78, 5) is 30.6. The monoisotopic (exact) mass is 394 g/mol. The highest BCUT2D eigenvalue weighted by molar-refractivity contribution is 6.35. The van der Waals surface area contributed by atoms with Crippen molar-refractivity contribution in [3.8, 4) is 11.5 Å². The summed E-state index contributed by atoms with van der Waals surface area (Å²) in [6.07, 6.45) is -2.50. The average Bonchev–Trinajstić information content (AvgIpc) is 3.46. The Labute approximate surface area is 158 Å². The van der Waals surface area contributed by atoms with Crippen molar-refractivity contribution in [2.45, 2.75) is 38.9 Å². The number of pyridine rings is 1. The molecule has 1 aliphatic rings. The minimum Gasteiger partial charge on any atom is -0.477 e. The Morgan fingerprint density at radius 1 is 1.25 bits per heavy atom. The molecular formula is C17H17F3N6O2. The molecule has 0 amide bonds. The number of hydrogen-bond donors (Lipinski definition) is 2. The van der Waals surface area contributed by atoms with E-state index in [4.69, 9.17) is 5.11 Å². The number of aliphatic carboxylic acids is 1. The molecule has 0 radical (unpaired) electrons. The van der Waals surface area contributed by atoms with Crippen molar-refractivity contribution in [1.29, 1.82) is 0 Å². The van der Waals surface area contributed by atoms with Crippen molar-refractivity contribution in [2.75, 3.05) is 5.32 Å². The van der Waals surface area contributed by atoms with E-state index in [1.807, 2.05) is 6.92 Å². The molecule has 0 saturated heterocycles. The Hall–Kier alpha value is -3.11. The molecule has 148 valence electrons. The molecule has 0 bridgehead atoms. The third-order valence-electron chi connectivity index (χ3n) is 4.16. The molecule has 1 saturated carbocycles. The van der Waals surface area contributed by atoms with E-state index in [0.717, 1.165) is 18.9 Å². The summed E-state index contributed by atoms with van der Waals surface area (Å²) in [5.74, 6) is -1.07. The first-order valence-electron chi connectivity index (χ1n) is 8.49. The van der Waals surface area contributed by atoms with E-state index in [1.165, 1.54) is 19.1 Å². The number of carbonyl (C=O) groups is 1. The number of alkyl halides is 3. The molecule has 8 nitrogen and oxygen atoms in total. The summed E-state index contributed by atoms with van der Waals surface area (Å²) in [6, 6.07) is 3.41. The highest BCUT2D eigenvalue weighted by Gasteiger charge is 2.33. The number of hydrogen-bond acceptors (Lipinski definition) is 7. The Kier molecular flexibility index (Phi) is 5.25. The van der Waals surface area contributed by atoms with E-state index in [1.54, 1.807) is 0 Å². The van der Waals surface area contributed by atoms with E-state index in [0.29, 0.717) is 5.92 Å². The van der Waals surface area contributed by atoms with Gasteiger partial charge < -0.3 is 10.4 Å². The quantitative estimate of drug-likeness (QED) is 0.723. The third-order valence-corrected chi connectivity index (χ3v) is 4.16. The van der Waals surface area contributed by atoms with Gasteiger partial charge in [0.15, 0.2) is 5.82 Å². The smallest absolute Gasteiger partial charge is 0.433 e. The van der Waals surface area contributed by atoms with Gasteiger partial charge in [0.1, 0.15) is 17.1 Å². The second-order valence-electron chi connectivity index (χ2n) is 6.46. The largest absolute Gasteiger partial charge is 0.477 e. The first-order valence-corrected chi connectivity index (χ1v) is 8.49. The van der Waals surface area contributed by atoms with Crippen LogP contribution in [0, 0.1) is 5.92 Å². The van der Waals surface area contributed by atoms with E-state index in [9.17, 15) is 18.0 Å². The lowest BCUT2D eigenvalue weighted by Gasteiger charge is -2.13. The fourth-order valence-electron chi connectivity index (χ4n) is 2.43. The number of nitrogens with zero attached hydrogens (tertiary/aromatic N) is 5. The molecule has 0 spiro atoms. The second kappa shape index (κ2) is 7.49. The van der Waals surface area contributed by atoms with Crippen LogP contribution in [0.3, 0.4) is 0 Å². The maximum absolute atomic E-state index is 13.0. The average molecular weight is 394 g/mol. The molecule has 0 aromatic carbocycles. The molecule has 28 heavy (non-hydrogen) atoms. The van der Waals surface area contributed by atoms with Crippen LogP contribution in [0.15, 0.2) is 23.2 Å². The first kappa shape index (κ1) is 19.6. The summed E-state index contributed by atoms with van der Waals surface area (Å²) < 4.78 is 38.9. The van der Waals surface area contributed by atoms with Gasteiger partial charge in [-0.1, -0.05) is 6.07 Å². The van der Waals surface area contributed by atoms with Crippen molar-refractivity contribution in [3.05, 3.63) is 23.9 Å². The van der Waals surface area contributed by atoms with Crippen molar-refractivity contribution in [2.24, 2.45) is 10.9 Å². The van der Waals surface area contributed by atoms with Gasteiger partial charge in [-0.05, 0) is 44.7 Å². The van der Waals surface area contributed by atoms with Crippen LogP contribution in [-0.4, -0.2) is 42.8 Å². The van der Waals surface area contributed by atoms with E-state index in [-0.39, 0.29) is 35.2 Å². The normalized spacial score (nSPS) is 16.0. The Bertz CT molecular complexity index is 927. The minimum absolute atomic E-state index is 0.0436. The zero-order valence-electron chi connectivity index (χ0n) is 15.0. The van der Waals surface area contributed by atoms with Crippen LogP contribution < -0.4 is 5.32 Å². The second-order valence-corrected chi connectivity index (χ2v) is 6.46. The summed E-state index contributed by atoms with van der Waals surface area (Å²) >= 11 is 0. The summed E-state index contributed by atoms with van der Waals surface area (Å²) in [7, 11) is 0. The van der Waals surface area contributed by atoms with E-state index < -0.39 is 17.8 Å². The van der Waals surface area contributed by atoms with Gasteiger partial charge in [0.05, 0.1) is 0 Å². The topological polar surface area (TPSA) is 113 Å². The van der Waals surface area contributed by atoms with Crippen LogP contribution >= 0.6 is 0 Å². The van der Waals surface area contributed by atoms with Gasteiger partial charge in [-0.3, -0.25) is 0 Å². The Balaban J connectivity index is 2.03. The van der Waals surface area contributed by atoms with Crippen LogP contribution in [0.1, 0.15) is 32.4 Å². The van der Waals surface area contributed by atoms with Crippen LogP contribution in [-0.2, 0) is 11.0 Å². The van der Waals surface area contributed by atoms with Crippen molar-refractivity contribution >= 4 is 23.6 Å². The van der Waals surface area contributed by atoms with Gasteiger partial charge in [-0.2, -0.15) is 28.1 Å². The molecule has 0 aliphatic heterocycles. The molecule has 1 aliphatic carbocycles. The maximum Gasteiger partial charge on any atom is 0.433 e. The van der Waals surface area contributed by atoms with Crippen molar-refractivity contribution < 1.29 is 23.1 Å². The number of nitrogens with one attached hydrogen (secondary N) is 1. The van der Waals surface area contributed by atoms with Crippen molar-refractivity contribution in [3.63, 3.8) is 0 Å². The van der Waals surface area contributed by atoms with Crippen LogP contribution in [0.2, 0.25) is 0 Å². The predicted molar refractivity (Wildman–Crippen MR) is 94.3 cm³/mol. The number of carboxylic acid groups (broad SMARTS) is 1. The fraction of sp³-hybridized carbons (Fsp3) is 0.412. The summed E-state index contributed by atoms with van der Waals surface area (Å²) in [5, 5.41) is 12.1. The molecule has 1 atom stereocenters. The van der Waals surface area contributed by atoms with Gasteiger partial charge in [-0.15, -0.1) is 0 Å². The van der Waals surface area contributed by atoms with Gasteiger partial charge in [0.2, 0.25) is 5.95 Å². The summed E-state index contributed by atoms with van der Waals surface area (Å²) in [6.45, 7) is 3.20. The minimum atomic E-state index is -4.62. The van der Waals surface area contributed by atoms with E-state index >= 15 is 0 Å². The number of aromatic nitrogens is 4. The maximum atomic E-state index is 13.0. The highest BCUT2D eigenvalue weighted by atomic mass is 19.4. The van der Waals surface area contributed by atoms with Gasteiger partial charge in [0.25, 0.3) is 5.95 Å². The van der Waals surface area contributed by atoms with Crippen LogP contribution in [0.5, 0.6) is 0 Å². The van der Waals surface area contributed by atoms with Crippen LogP contribution in [0.4, 0.5) is 25.1 Å². The lowest BCUT2D eigenvalue weighted by Crippen LogP contribution is -2.19. The number of halogens is 3. The standard InChI is InChI=1S/C17H17F3N6O2/c1-8(10-6-7-10)21-15-24-13(25-16(26-15)22-9(2)14(27)28)11-4-3-5-12(23-11)17(18,19)20/h3-5,8,10H,6-7H2,1-2H3,(H,27,28)(H,21,24,25,26)/t8-/m1/s1. The zero-order valence-corrected chi connectivity index (χ0v) is 15.0. The third kappa shape index (κ3) is 4.78. The van der Waals surface area contributed by atoms with Crippen LogP contribution in [0.25, 0.3) is 11.5 Å². The van der Waals surface area contributed by atoms with Gasteiger partial charge in [0, 0.05) is 6.04 Å². The molecule has 2 heterocycles. The molecule has 3 rings (SSSR count). The Morgan fingerprint density at radius 3 is 2.57 bits per heavy atom. The lowest BCUT2D eigenvalue weighted by atomic mass is 10.2. The molecule has 2 aromatic rings. The molecular weight excluding hydrogens is 377 g/mol. The number of carboxylic acids is 1. The van der Waals surface area contributed by atoms with Gasteiger partial charge in [-0.25, -0.2) is 14.8 Å². The predicted octanol–water partition coefficient (Wildman–Crippen LogP) is 3.34. The summed E-state index contributed by atoms with van der Waals surface area (Å²) in [5.41, 5.74) is -1.47. The highest BCUT2D eigenvalue weighted by Crippen LogP contribution is 2.34. The van der Waals surface area contributed by atoms with E-state index in [2.05, 4.69) is 30.2 Å². The molecule has 2 aromatic heterocycles. The fourth-order valence-corrected chi connectivity index (χ4v) is 2.43. The molecule has 1 fully saturated rings. The number of anilines is 1. The first-order chi connectivity index (χ1) is 13.1. The molecule has 2 N–H and O–H groups in total. The molecule has 0 unspecified atom stereocenters. The van der Waals surface area contributed by atoms with Crippen molar-refractivity contribution in [1.82, 2.24) is 19.9 Å². The van der Waals surface area contributed by atoms with Gasteiger partial charge >= 0.3 is 12.1 Å². The Morgan fingerprint density at radius 2 is 1.96 bits per heavy atom. The SMILES string of the molecule is CC(=Nc1nc(N[C@H](C)C2CC2)nc(-c2cccc(C(F)(F)F)n2)n1)C(=O)O. The lowest BCUT2D eigenvalue weighted by molar-refractivity contribution is -0.141. The molecule has 11 heteroatoms.